The van der Waals surface area contributed by atoms with Gasteiger partial charge in [0.2, 0.25) is 5.95 Å². The van der Waals surface area contributed by atoms with Crippen molar-refractivity contribution in [1.29, 1.82) is 0 Å². The van der Waals surface area contributed by atoms with Crippen molar-refractivity contribution < 1.29 is 4.39 Å². The summed E-state index contributed by atoms with van der Waals surface area (Å²) in [5, 5.41) is 2.16. The molecule has 0 unspecified atom stereocenters. The normalized spacial score (nSPS) is 9.43. The van der Waals surface area contributed by atoms with Gasteiger partial charge in [0.15, 0.2) is 0 Å². The van der Waals surface area contributed by atoms with Crippen LogP contribution < -0.4 is 0 Å². The Morgan fingerprint density at radius 2 is 2.57 bits per heavy atom. The maximum atomic E-state index is 11.8. The van der Waals surface area contributed by atoms with E-state index in [9.17, 15) is 4.39 Å². The topological polar surface area (TPSA) is 12.9 Å². The Bertz CT molecular complexity index is 144. The van der Waals surface area contributed by atoms with Crippen molar-refractivity contribution in [3.05, 3.63) is 16.3 Å². The first kappa shape index (κ1) is 4.71. The standard InChI is InChI=1S/C4H4FNS/c1-3-6-4(5)2-7-3/h2H,1H3. The average Bonchev–Trinajstić information content (AvgIpc) is 1.87. The molecular formula is C4H4FNS. The maximum absolute atomic E-state index is 11.8. The van der Waals surface area contributed by atoms with Crippen LogP contribution in [0.2, 0.25) is 0 Å². The van der Waals surface area contributed by atoms with Gasteiger partial charge < -0.3 is 0 Å². The maximum Gasteiger partial charge on any atom is 0.223 e. The number of aromatic nitrogens is 1. The summed E-state index contributed by atoms with van der Waals surface area (Å²) in [4.78, 5) is 3.46. The van der Waals surface area contributed by atoms with Gasteiger partial charge in [-0.25, -0.2) is 4.98 Å². The van der Waals surface area contributed by atoms with Crippen molar-refractivity contribution in [1.82, 2.24) is 4.98 Å². The minimum atomic E-state index is -0.373. The predicted octanol–water partition coefficient (Wildman–Crippen LogP) is 1.59. The lowest BCUT2D eigenvalue weighted by Crippen LogP contribution is -1.68. The van der Waals surface area contributed by atoms with Crippen LogP contribution in [-0.2, 0) is 0 Å². The Labute approximate surface area is 44.8 Å². The average molecular weight is 117 g/mol. The fourth-order valence-electron chi connectivity index (χ4n) is 0.337. The third kappa shape index (κ3) is 0.962. The Kier molecular flexibility index (Phi) is 1.06. The van der Waals surface area contributed by atoms with Gasteiger partial charge in [0.1, 0.15) is 0 Å². The molecule has 0 radical (unpaired) electrons. The first-order valence-corrected chi connectivity index (χ1v) is 2.74. The second-order valence-corrected chi connectivity index (χ2v) is 2.25. The Morgan fingerprint density at radius 3 is 2.71 bits per heavy atom. The summed E-state index contributed by atoms with van der Waals surface area (Å²) >= 11 is 1.32. The van der Waals surface area contributed by atoms with E-state index in [1.807, 2.05) is 0 Å². The van der Waals surface area contributed by atoms with Crippen LogP contribution in [0, 0.1) is 12.9 Å². The van der Waals surface area contributed by atoms with Crippen LogP contribution in [0.5, 0.6) is 0 Å². The van der Waals surface area contributed by atoms with Crippen molar-refractivity contribution in [3.63, 3.8) is 0 Å². The lowest BCUT2D eigenvalue weighted by Gasteiger charge is -1.67. The van der Waals surface area contributed by atoms with E-state index in [0.29, 0.717) is 0 Å². The van der Waals surface area contributed by atoms with Gasteiger partial charge in [-0.2, -0.15) is 4.39 Å². The monoisotopic (exact) mass is 117 g/mol. The number of aryl methyl sites for hydroxylation is 1. The lowest BCUT2D eigenvalue weighted by molar-refractivity contribution is 0.590. The highest BCUT2D eigenvalue weighted by Gasteiger charge is 1.90. The number of halogens is 1. The Morgan fingerprint density at radius 1 is 1.86 bits per heavy atom. The van der Waals surface area contributed by atoms with Crippen molar-refractivity contribution >= 4 is 11.3 Å². The van der Waals surface area contributed by atoms with Crippen molar-refractivity contribution in [2.45, 2.75) is 6.92 Å². The molecule has 0 aliphatic heterocycles. The molecule has 7 heavy (non-hydrogen) atoms. The smallest absolute Gasteiger partial charge is 0.213 e. The van der Waals surface area contributed by atoms with E-state index < -0.39 is 0 Å². The molecule has 0 spiro atoms. The van der Waals surface area contributed by atoms with Crippen LogP contribution in [0.4, 0.5) is 4.39 Å². The van der Waals surface area contributed by atoms with E-state index in [-0.39, 0.29) is 5.95 Å². The number of nitrogens with zero attached hydrogens (tertiary/aromatic N) is 1. The molecule has 1 rings (SSSR count). The Balaban J connectivity index is 3.04. The van der Waals surface area contributed by atoms with Gasteiger partial charge in [-0.05, 0) is 6.92 Å². The van der Waals surface area contributed by atoms with Gasteiger partial charge in [-0.15, -0.1) is 11.3 Å². The summed E-state index contributed by atoms with van der Waals surface area (Å²) in [6.45, 7) is 1.77. The zero-order chi connectivity index (χ0) is 5.28. The molecule has 1 nitrogen and oxygen atoms in total. The highest BCUT2D eigenvalue weighted by Crippen LogP contribution is 2.04. The zero-order valence-corrected chi connectivity index (χ0v) is 4.63. The summed E-state index contributed by atoms with van der Waals surface area (Å²) in [6, 6.07) is 0. The molecule has 0 saturated heterocycles. The van der Waals surface area contributed by atoms with Gasteiger partial charge in [0.25, 0.3) is 0 Å². The second-order valence-electron chi connectivity index (χ2n) is 1.19. The molecule has 0 amide bonds. The van der Waals surface area contributed by atoms with E-state index in [0.717, 1.165) is 5.01 Å². The molecule has 1 heterocycles. The van der Waals surface area contributed by atoms with Gasteiger partial charge in [0, 0.05) is 5.38 Å². The minimum absolute atomic E-state index is 0.373. The van der Waals surface area contributed by atoms with Crippen LogP contribution in [0.1, 0.15) is 5.01 Å². The van der Waals surface area contributed by atoms with Gasteiger partial charge >= 0.3 is 0 Å². The van der Waals surface area contributed by atoms with Crippen molar-refractivity contribution in [2.75, 3.05) is 0 Å². The highest BCUT2D eigenvalue weighted by atomic mass is 32.1. The van der Waals surface area contributed by atoms with E-state index in [2.05, 4.69) is 4.98 Å². The van der Waals surface area contributed by atoms with E-state index >= 15 is 0 Å². The van der Waals surface area contributed by atoms with Gasteiger partial charge in [-0.3, -0.25) is 0 Å². The molecule has 0 bridgehead atoms. The minimum Gasteiger partial charge on any atom is -0.213 e. The van der Waals surface area contributed by atoms with E-state index in [1.54, 1.807) is 6.92 Å². The number of rotatable bonds is 0. The molecular weight excluding hydrogens is 113 g/mol. The fourth-order valence-corrected chi connectivity index (χ4v) is 0.797. The molecule has 38 valence electrons. The molecule has 0 aromatic carbocycles. The molecule has 1 aromatic heterocycles. The third-order valence-corrected chi connectivity index (χ3v) is 1.34. The summed E-state index contributed by atoms with van der Waals surface area (Å²) in [7, 11) is 0. The number of hydrogen-bond donors (Lipinski definition) is 0. The molecule has 3 heteroatoms. The largest absolute Gasteiger partial charge is 0.223 e. The van der Waals surface area contributed by atoms with Crippen molar-refractivity contribution in [3.8, 4) is 0 Å². The lowest BCUT2D eigenvalue weighted by atomic mass is 10.8. The second kappa shape index (κ2) is 1.58. The molecule has 0 fully saturated rings. The van der Waals surface area contributed by atoms with Crippen LogP contribution in [0.3, 0.4) is 0 Å². The van der Waals surface area contributed by atoms with Gasteiger partial charge in [-0.1, -0.05) is 0 Å². The Hall–Kier alpha value is -0.440. The molecule has 1 aromatic rings. The summed E-state index contributed by atoms with van der Waals surface area (Å²) in [5.41, 5.74) is 0. The first-order chi connectivity index (χ1) is 3.29. The molecule has 0 atom stereocenters. The van der Waals surface area contributed by atoms with Crippen LogP contribution >= 0.6 is 11.3 Å². The van der Waals surface area contributed by atoms with E-state index in [1.165, 1.54) is 16.7 Å². The molecule has 0 aliphatic rings. The summed E-state index contributed by atoms with van der Waals surface area (Å²) in [5.74, 6) is -0.373. The highest BCUT2D eigenvalue weighted by molar-refractivity contribution is 7.09. The SMILES string of the molecule is Cc1nc(F)cs1. The van der Waals surface area contributed by atoms with Crippen LogP contribution in [0.25, 0.3) is 0 Å². The third-order valence-electron chi connectivity index (χ3n) is 0.591. The summed E-state index contributed by atoms with van der Waals surface area (Å²) in [6.07, 6.45) is 0. The van der Waals surface area contributed by atoms with Crippen LogP contribution in [0.15, 0.2) is 5.38 Å². The van der Waals surface area contributed by atoms with Crippen LogP contribution in [-0.4, -0.2) is 4.98 Å². The van der Waals surface area contributed by atoms with Crippen molar-refractivity contribution in [2.24, 2.45) is 0 Å². The number of thiazole rings is 1. The molecule has 0 N–H and O–H groups in total. The van der Waals surface area contributed by atoms with E-state index in [4.69, 9.17) is 0 Å². The quantitative estimate of drug-likeness (QED) is 0.503. The summed E-state index contributed by atoms with van der Waals surface area (Å²) < 4.78 is 11.8. The fraction of sp³-hybridized carbons (Fsp3) is 0.250. The zero-order valence-electron chi connectivity index (χ0n) is 3.81. The predicted molar refractivity (Wildman–Crippen MR) is 26.8 cm³/mol. The molecule has 0 aliphatic carbocycles. The first-order valence-electron chi connectivity index (χ1n) is 1.86. The number of hydrogen-bond acceptors (Lipinski definition) is 2. The molecule has 0 saturated carbocycles. The van der Waals surface area contributed by atoms with Gasteiger partial charge in [0.05, 0.1) is 5.01 Å².